The number of nitrogens with one attached hydrogen (secondary N) is 1. The molecule has 2 aliphatic carbocycles. The first kappa shape index (κ1) is 26.5. The Hall–Kier alpha value is -1.53. The van der Waals surface area contributed by atoms with Crippen molar-refractivity contribution < 1.29 is 9.59 Å². The summed E-state index contributed by atoms with van der Waals surface area (Å²) in [5.41, 5.74) is 0.708. The fourth-order valence-electron chi connectivity index (χ4n) is 6.60. The van der Waals surface area contributed by atoms with Crippen LogP contribution in [0.15, 0.2) is 30.3 Å². The SMILES string of the molecule is CSCCNC(=O)C(C1CCN(C2CCCCC2)CC1)N(C(=O)c1ccccc1)C1CCCCC1. The molecule has 0 bridgehead atoms. The van der Waals surface area contributed by atoms with E-state index in [4.69, 9.17) is 0 Å². The van der Waals surface area contributed by atoms with Crippen LogP contribution in [0.1, 0.15) is 87.4 Å². The van der Waals surface area contributed by atoms with E-state index in [9.17, 15) is 9.59 Å². The number of carbonyl (C=O) groups is 2. The second-order valence-corrected chi connectivity index (χ2v) is 11.7. The molecule has 3 aliphatic rings. The van der Waals surface area contributed by atoms with Gasteiger partial charge in [0.2, 0.25) is 5.91 Å². The number of likely N-dealkylation sites (tertiary alicyclic amines) is 1. The highest BCUT2D eigenvalue weighted by molar-refractivity contribution is 7.98. The van der Waals surface area contributed by atoms with Crippen molar-refractivity contribution in [2.75, 3.05) is 31.6 Å². The van der Waals surface area contributed by atoms with E-state index in [2.05, 4.69) is 16.5 Å². The molecule has 1 heterocycles. The van der Waals surface area contributed by atoms with E-state index in [1.807, 2.05) is 35.2 Å². The Morgan fingerprint density at radius 1 is 0.943 bits per heavy atom. The molecule has 1 saturated heterocycles. The first-order valence-electron chi connectivity index (χ1n) is 14.1. The number of nitrogens with zero attached hydrogens (tertiary/aromatic N) is 2. The van der Waals surface area contributed by atoms with Gasteiger partial charge in [-0.15, -0.1) is 0 Å². The summed E-state index contributed by atoms with van der Waals surface area (Å²) in [6.07, 6.45) is 16.3. The Morgan fingerprint density at radius 2 is 1.57 bits per heavy atom. The van der Waals surface area contributed by atoms with Gasteiger partial charge in [0.05, 0.1) is 0 Å². The van der Waals surface area contributed by atoms with Crippen molar-refractivity contribution >= 4 is 23.6 Å². The molecule has 0 spiro atoms. The lowest BCUT2D eigenvalue weighted by Crippen LogP contribution is -2.59. The number of benzene rings is 1. The molecule has 6 heteroatoms. The Balaban J connectivity index is 1.56. The zero-order valence-electron chi connectivity index (χ0n) is 21.6. The Kier molecular flexibility index (Phi) is 10.4. The molecule has 3 fully saturated rings. The van der Waals surface area contributed by atoms with Crippen LogP contribution in [0.4, 0.5) is 0 Å². The van der Waals surface area contributed by atoms with Crippen LogP contribution in [0.3, 0.4) is 0 Å². The van der Waals surface area contributed by atoms with Crippen LogP contribution in [-0.2, 0) is 4.79 Å². The van der Waals surface area contributed by atoms with Crippen LogP contribution in [0.25, 0.3) is 0 Å². The van der Waals surface area contributed by atoms with Crippen molar-refractivity contribution in [3.63, 3.8) is 0 Å². The van der Waals surface area contributed by atoms with Gasteiger partial charge in [-0.1, -0.05) is 56.7 Å². The molecule has 1 atom stereocenters. The van der Waals surface area contributed by atoms with Gasteiger partial charge in [0.25, 0.3) is 5.91 Å². The maximum absolute atomic E-state index is 14.0. The van der Waals surface area contributed by atoms with Gasteiger partial charge in [0, 0.05) is 29.9 Å². The average molecular weight is 500 g/mol. The fourth-order valence-corrected chi connectivity index (χ4v) is 6.91. The molecule has 5 nitrogen and oxygen atoms in total. The number of carbonyl (C=O) groups excluding carboxylic acids is 2. The largest absolute Gasteiger partial charge is 0.353 e. The lowest BCUT2D eigenvalue weighted by Gasteiger charge is -2.46. The van der Waals surface area contributed by atoms with Crippen LogP contribution in [0.5, 0.6) is 0 Å². The molecule has 4 rings (SSSR count). The summed E-state index contributed by atoms with van der Waals surface area (Å²) in [5, 5.41) is 3.21. The van der Waals surface area contributed by atoms with E-state index in [0.29, 0.717) is 12.1 Å². The van der Waals surface area contributed by atoms with Gasteiger partial charge in [0.15, 0.2) is 0 Å². The summed E-state index contributed by atoms with van der Waals surface area (Å²) in [5.74, 6) is 1.22. The molecule has 0 aromatic heterocycles. The van der Waals surface area contributed by atoms with Crippen molar-refractivity contribution in [2.45, 2.75) is 95.2 Å². The van der Waals surface area contributed by atoms with E-state index < -0.39 is 0 Å². The normalized spacial score (nSPS) is 22.0. The molecule has 1 aromatic carbocycles. The molecule has 1 unspecified atom stereocenters. The van der Waals surface area contributed by atoms with Crippen molar-refractivity contribution in [3.8, 4) is 0 Å². The zero-order valence-corrected chi connectivity index (χ0v) is 22.4. The zero-order chi connectivity index (χ0) is 24.5. The van der Waals surface area contributed by atoms with Crippen LogP contribution in [-0.4, -0.2) is 71.4 Å². The van der Waals surface area contributed by atoms with E-state index >= 15 is 0 Å². The van der Waals surface area contributed by atoms with Crippen molar-refractivity contribution in [2.24, 2.45) is 5.92 Å². The van der Waals surface area contributed by atoms with Gasteiger partial charge in [-0.25, -0.2) is 0 Å². The second kappa shape index (κ2) is 13.7. The third kappa shape index (κ3) is 7.03. The molecule has 1 N–H and O–H groups in total. The first-order valence-corrected chi connectivity index (χ1v) is 15.5. The number of amides is 2. The molecular weight excluding hydrogens is 454 g/mol. The maximum atomic E-state index is 14.0. The number of rotatable bonds is 9. The summed E-state index contributed by atoms with van der Waals surface area (Å²) in [6.45, 7) is 2.78. The lowest BCUT2D eigenvalue weighted by atomic mass is 9.83. The van der Waals surface area contributed by atoms with Crippen LogP contribution < -0.4 is 5.32 Å². The van der Waals surface area contributed by atoms with Crippen LogP contribution in [0.2, 0.25) is 0 Å². The van der Waals surface area contributed by atoms with Crippen molar-refractivity contribution in [1.29, 1.82) is 0 Å². The van der Waals surface area contributed by atoms with Crippen molar-refractivity contribution in [3.05, 3.63) is 35.9 Å². The minimum atomic E-state index is -0.374. The van der Waals surface area contributed by atoms with Gasteiger partial charge < -0.3 is 15.1 Å². The maximum Gasteiger partial charge on any atom is 0.254 e. The van der Waals surface area contributed by atoms with E-state index in [0.717, 1.165) is 63.4 Å². The highest BCUT2D eigenvalue weighted by Gasteiger charge is 2.42. The van der Waals surface area contributed by atoms with E-state index in [1.54, 1.807) is 11.8 Å². The van der Waals surface area contributed by atoms with Crippen molar-refractivity contribution in [1.82, 2.24) is 15.1 Å². The standard InChI is InChI=1S/C29H45N3O2S/c1-35-22-19-30-28(33)27(23-17-20-31(21-18-23)25-13-7-3-8-14-25)32(26-15-9-4-10-16-26)29(34)24-11-5-2-6-12-24/h2,5-6,11-12,23,25-27H,3-4,7-10,13-22H2,1H3,(H,30,33). The second-order valence-electron chi connectivity index (χ2n) is 10.8. The topological polar surface area (TPSA) is 52.7 Å². The molecule has 194 valence electrons. The Bertz CT molecular complexity index is 784. The van der Waals surface area contributed by atoms with Gasteiger partial charge in [-0.05, 0) is 75.9 Å². The molecule has 1 aromatic rings. The van der Waals surface area contributed by atoms with E-state index in [1.165, 1.54) is 38.5 Å². The molecule has 0 radical (unpaired) electrons. The quantitative estimate of drug-likeness (QED) is 0.465. The lowest BCUT2D eigenvalue weighted by molar-refractivity contribution is -0.129. The molecular formula is C29H45N3O2S. The molecule has 1 aliphatic heterocycles. The minimum absolute atomic E-state index is 0.0391. The predicted molar refractivity (Wildman–Crippen MR) is 146 cm³/mol. The highest BCUT2D eigenvalue weighted by atomic mass is 32.2. The highest BCUT2D eigenvalue weighted by Crippen LogP contribution is 2.34. The minimum Gasteiger partial charge on any atom is -0.353 e. The molecule has 35 heavy (non-hydrogen) atoms. The van der Waals surface area contributed by atoms with Gasteiger partial charge in [-0.2, -0.15) is 11.8 Å². The number of thioether (sulfide) groups is 1. The summed E-state index contributed by atoms with van der Waals surface area (Å²) in [6, 6.07) is 10.1. The summed E-state index contributed by atoms with van der Waals surface area (Å²) in [4.78, 5) is 32.5. The summed E-state index contributed by atoms with van der Waals surface area (Å²) >= 11 is 1.74. The number of hydrogen-bond donors (Lipinski definition) is 1. The monoisotopic (exact) mass is 499 g/mol. The van der Waals surface area contributed by atoms with Gasteiger partial charge >= 0.3 is 0 Å². The van der Waals surface area contributed by atoms with Crippen LogP contribution >= 0.6 is 11.8 Å². The fraction of sp³-hybridized carbons (Fsp3) is 0.724. The molecule has 2 amide bonds. The first-order chi connectivity index (χ1) is 17.2. The summed E-state index contributed by atoms with van der Waals surface area (Å²) in [7, 11) is 0. The van der Waals surface area contributed by atoms with Crippen LogP contribution in [0, 0.1) is 5.92 Å². The Labute approximate surface area is 216 Å². The van der Waals surface area contributed by atoms with Gasteiger partial charge in [0.1, 0.15) is 6.04 Å². The number of hydrogen-bond acceptors (Lipinski definition) is 4. The number of piperidine rings is 1. The smallest absolute Gasteiger partial charge is 0.254 e. The third-order valence-electron chi connectivity index (χ3n) is 8.51. The third-order valence-corrected chi connectivity index (χ3v) is 9.12. The summed E-state index contributed by atoms with van der Waals surface area (Å²) < 4.78 is 0. The molecule has 2 saturated carbocycles. The average Bonchev–Trinajstić information content (AvgIpc) is 2.93. The van der Waals surface area contributed by atoms with Gasteiger partial charge in [-0.3, -0.25) is 9.59 Å². The predicted octanol–water partition coefficient (Wildman–Crippen LogP) is 5.35. The Morgan fingerprint density at radius 3 is 2.20 bits per heavy atom. The van der Waals surface area contributed by atoms with E-state index in [-0.39, 0.29) is 29.8 Å².